The molecule has 13 nitrogen and oxygen atoms in total. The minimum atomic E-state index is -0.432. The number of hydrogen-bond acceptors (Lipinski definition) is 10. The summed E-state index contributed by atoms with van der Waals surface area (Å²) in [6.07, 6.45) is 5.24. The van der Waals surface area contributed by atoms with Gasteiger partial charge < -0.3 is 15.5 Å². The number of likely N-dealkylation sites (N-methyl/N-ethyl adjacent to an activating group) is 1. The van der Waals surface area contributed by atoms with Gasteiger partial charge in [-0.15, -0.1) is 0 Å². The van der Waals surface area contributed by atoms with Crippen LogP contribution < -0.4 is 25.8 Å². The number of nitrogens with zero attached hydrogens (tertiary/aromatic N) is 7. The van der Waals surface area contributed by atoms with Gasteiger partial charge in [-0.1, -0.05) is 18.5 Å². The number of aromatic nitrogens is 5. The normalized spacial score (nSPS) is 21.7. The number of rotatable bonds is 6. The number of carbonyl (C=O) groups excluding carboxylic acids is 3. The van der Waals surface area contributed by atoms with Gasteiger partial charge in [-0.05, 0) is 43.0 Å². The van der Waals surface area contributed by atoms with Crippen molar-refractivity contribution in [3.05, 3.63) is 52.9 Å². The molecule has 3 N–H and O–H groups in total. The topological polar surface area (TPSA) is 150 Å². The molecule has 1 aromatic carbocycles. The number of piperidine rings is 2. The molecule has 3 aliphatic heterocycles. The quantitative estimate of drug-likeness (QED) is 0.271. The van der Waals surface area contributed by atoms with E-state index in [4.69, 9.17) is 16.6 Å². The molecule has 232 valence electrons. The van der Waals surface area contributed by atoms with Crippen molar-refractivity contribution in [1.82, 2.24) is 30.0 Å². The minimum absolute atomic E-state index is 0.0143. The zero-order valence-electron chi connectivity index (χ0n) is 25.2. The Morgan fingerprint density at radius 3 is 2.69 bits per heavy atom. The van der Waals surface area contributed by atoms with E-state index in [2.05, 4.69) is 48.9 Å². The Kier molecular flexibility index (Phi) is 7.27. The van der Waals surface area contributed by atoms with Gasteiger partial charge in [0.1, 0.15) is 10.8 Å². The van der Waals surface area contributed by atoms with E-state index in [1.54, 1.807) is 29.0 Å². The Morgan fingerprint density at radius 2 is 1.89 bits per heavy atom. The molecule has 3 aromatic heterocycles. The lowest BCUT2D eigenvalue weighted by atomic mass is 9.92. The predicted octanol–water partition coefficient (Wildman–Crippen LogP) is 3.52. The van der Waals surface area contributed by atoms with Gasteiger partial charge in [0.15, 0.2) is 5.82 Å². The summed E-state index contributed by atoms with van der Waals surface area (Å²) >= 11 is 6.46. The maximum atomic E-state index is 12.5. The summed E-state index contributed by atoms with van der Waals surface area (Å²) in [4.78, 5) is 53.6. The molecule has 3 amide bonds. The highest BCUT2D eigenvalue weighted by Crippen LogP contribution is 2.34. The van der Waals surface area contributed by atoms with Crippen molar-refractivity contribution >= 4 is 69.2 Å². The Labute approximate surface area is 264 Å². The van der Waals surface area contributed by atoms with Crippen LogP contribution in [0.2, 0.25) is 5.02 Å². The Morgan fingerprint density at radius 1 is 1.04 bits per heavy atom. The molecule has 4 aromatic rings. The summed E-state index contributed by atoms with van der Waals surface area (Å²) in [5, 5.41) is 15.4. The lowest BCUT2D eigenvalue weighted by Gasteiger charge is -2.37. The van der Waals surface area contributed by atoms with Gasteiger partial charge >= 0.3 is 0 Å². The van der Waals surface area contributed by atoms with Crippen LogP contribution in [0.25, 0.3) is 10.9 Å². The van der Waals surface area contributed by atoms with Crippen LogP contribution in [0.4, 0.5) is 29.0 Å². The van der Waals surface area contributed by atoms with Crippen LogP contribution in [-0.2, 0) is 27.9 Å². The van der Waals surface area contributed by atoms with Crippen LogP contribution >= 0.6 is 11.6 Å². The maximum Gasteiger partial charge on any atom is 0.235 e. The average molecular weight is 629 g/mol. The van der Waals surface area contributed by atoms with E-state index < -0.39 is 5.92 Å². The molecule has 0 spiro atoms. The number of fused-ring (bicyclic) bond motifs is 2. The Hall–Kier alpha value is -4.78. The fourth-order valence-corrected chi connectivity index (χ4v) is 6.62. The molecule has 1 unspecified atom stereocenters. The number of benzene rings is 1. The highest BCUT2D eigenvalue weighted by atomic mass is 35.5. The number of hydrogen-bond donors (Lipinski definition) is 3. The number of carbonyl (C=O) groups is 3. The van der Waals surface area contributed by atoms with Crippen molar-refractivity contribution in [3.63, 3.8) is 0 Å². The first-order valence-electron chi connectivity index (χ1n) is 15.0. The van der Waals surface area contributed by atoms with Gasteiger partial charge in [0, 0.05) is 56.3 Å². The SMILES string of the molecule is C[C@@H]1CN(c2ncc(Cl)c(Nc3cnc4c(c3)CC(=O)N4C)n2)CC[C@H]1Nc1ccc2c(C3CCC(=O)NC3=O)nn(C)c2c1. The number of imide groups is 1. The first-order chi connectivity index (χ1) is 21.6. The van der Waals surface area contributed by atoms with Crippen molar-refractivity contribution in [1.29, 1.82) is 0 Å². The molecule has 6 heterocycles. The fourth-order valence-electron chi connectivity index (χ4n) is 6.48. The van der Waals surface area contributed by atoms with Crippen molar-refractivity contribution in [2.75, 3.05) is 40.6 Å². The molecule has 3 atom stereocenters. The highest BCUT2D eigenvalue weighted by molar-refractivity contribution is 6.32. The smallest absolute Gasteiger partial charge is 0.235 e. The predicted molar refractivity (Wildman–Crippen MR) is 171 cm³/mol. The van der Waals surface area contributed by atoms with Crippen molar-refractivity contribution in [2.45, 2.75) is 44.6 Å². The number of amides is 3. The van der Waals surface area contributed by atoms with Crippen LogP contribution in [0, 0.1) is 5.92 Å². The summed E-state index contributed by atoms with van der Waals surface area (Å²) in [5.41, 5.74) is 4.18. The number of anilines is 5. The molecule has 45 heavy (non-hydrogen) atoms. The summed E-state index contributed by atoms with van der Waals surface area (Å²) in [6.45, 7) is 3.71. The summed E-state index contributed by atoms with van der Waals surface area (Å²) < 4.78 is 1.80. The lowest BCUT2D eigenvalue weighted by Crippen LogP contribution is -2.46. The Bertz CT molecular complexity index is 1860. The van der Waals surface area contributed by atoms with E-state index in [0.717, 1.165) is 41.7 Å². The van der Waals surface area contributed by atoms with Gasteiger partial charge in [-0.2, -0.15) is 10.1 Å². The molecule has 0 saturated carbocycles. The summed E-state index contributed by atoms with van der Waals surface area (Å²) in [5.74, 6) is 1.09. The third kappa shape index (κ3) is 5.41. The second-order valence-corrected chi connectivity index (χ2v) is 12.4. The van der Waals surface area contributed by atoms with Gasteiger partial charge in [0.25, 0.3) is 0 Å². The molecule has 14 heteroatoms. The molecule has 0 radical (unpaired) electrons. The number of aryl methyl sites for hydroxylation is 1. The van der Waals surface area contributed by atoms with E-state index in [1.165, 1.54) is 0 Å². The number of halogens is 1. The monoisotopic (exact) mass is 628 g/mol. The van der Waals surface area contributed by atoms with E-state index in [-0.39, 0.29) is 29.7 Å². The minimum Gasteiger partial charge on any atom is -0.382 e. The molecule has 2 saturated heterocycles. The van der Waals surface area contributed by atoms with Crippen LogP contribution in [0.5, 0.6) is 0 Å². The fraction of sp³-hybridized carbons (Fsp3) is 0.387. The number of nitrogens with one attached hydrogen (secondary N) is 3. The van der Waals surface area contributed by atoms with Crippen LogP contribution in [-0.4, -0.2) is 68.6 Å². The first-order valence-corrected chi connectivity index (χ1v) is 15.4. The molecule has 2 fully saturated rings. The molecule has 0 aliphatic carbocycles. The molecule has 0 bridgehead atoms. The van der Waals surface area contributed by atoms with Crippen LogP contribution in [0.3, 0.4) is 0 Å². The van der Waals surface area contributed by atoms with Crippen LogP contribution in [0.1, 0.15) is 43.4 Å². The summed E-state index contributed by atoms with van der Waals surface area (Å²) in [7, 11) is 3.60. The lowest BCUT2D eigenvalue weighted by molar-refractivity contribution is -0.134. The van der Waals surface area contributed by atoms with Crippen molar-refractivity contribution in [3.8, 4) is 0 Å². The average Bonchev–Trinajstić information content (AvgIpc) is 3.49. The van der Waals surface area contributed by atoms with Gasteiger partial charge in [0.2, 0.25) is 23.7 Å². The molecular formula is C31H33ClN10O3. The maximum absolute atomic E-state index is 12.5. The number of pyridine rings is 1. The molecule has 3 aliphatic rings. The zero-order valence-corrected chi connectivity index (χ0v) is 25.9. The third-order valence-corrected chi connectivity index (χ3v) is 9.24. The van der Waals surface area contributed by atoms with Gasteiger partial charge in [-0.25, -0.2) is 9.97 Å². The van der Waals surface area contributed by atoms with E-state index in [9.17, 15) is 14.4 Å². The van der Waals surface area contributed by atoms with Gasteiger partial charge in [-0.3, -0.25) is 29.3 Å². The first kappa shape index (κ1) is 29.0. The van der Waals surface area contributed by atoms with Crippen LogP contribution in [0.15, 0.2) is 36.7 Å². The largest absolute Gasteiger partial charge is 0.382 e. The highest BCUT2D eigenvalue weighted by Gasteiger charge is 2.32. The van der Waals surface area contributed by atoms with E-state index in [0.29, 0.717) is 53.3 Å². The molecule has 7 rings (SSSR count). The second-order valence-electron chi connectivity index (χ2n) is 12.0. The van der Waals surface area contributed by atoms with E-state index >= 15 is 0 Å². The van der Waals surface area contributed by atoms with Gasteiger partial charge in [0.05, 0.1) is 41.6 Å². The summed E-state index contributed by atoms with van der Waals surface area (Å²) in [6, 6.07) is 8.23. The van der Waals surface area contributed by atoms with Crippen molar-refractivity contribution in [2.24, 2.45) is 13.0 Å². The second kappa shape index (κ2) is 11.3. The molecular weight excluding hydrogens is 596 g/mol. The third-order valence-electron chi connectivity index (χ3n) is 8.96. The Balaban J connectivity index is 1.02. The van der Waals surface area contributed by atoms with E-state index in [1.807, 2.05) is 25.2 Å². The van der Waals surface area contributed by atoms with Crippen molar-refractivity contribution < 1.29 is 14.4 Å². The standard InChI is InChI=1S/C31H33ClN10O3/c1-16-15-42(31-34-14-22(32)28(38-31)36-19-10-17-11-26(44)40(2)29(17)33-13-19)9-8-23(16)35-18-4-5-20-24(12-18)41(3)39-27(20)21-6-7-25(43)37-30(21)45/h4-5,10,12-14,16,21,23,35H,6-9,11,15H2,1-3H3,(H,34,36,38)(H,37,43,45)/t16-,21?,23-/m1/s1. The zero-order chi connectivity index (χ0) is 31.4.